The van der Waals surface area contributed by atoms with E-state index in [-0.39, 0.29) is 28.4 Å². The van der Waals surface area contributed by atoms with E-state index in [9.17, 15) is 18.0 Å². The molecule has 0 spiro atoms. The van der Waals surface area contributed by atoms with Crippen LogP contribution < -0.4 is 14.4 Å². The van der Waals surface area contributed by atoms with E-state index < -0.39 is 28.0 Å². The van der Waals surface area contributed by atoms with Crippen LogP contribution in [0.25, 0.3) is 0 Å². The van der Waals surface area contributed by atoms with Crippen LogP contribution in [-0.4, -0.2) is 40.1 Å². The molecule has 8 nitrogen and oxygen atoms in total. The first-order chi connectivity index (χ1) is 16.2. The molecule has 0 aliphatic carbocycles. The SMILES string of the molecule is COC(=O)c1ccccc1NC(=O)[C@H]1CN(S(=O)(=O)c2ccc(C)cc2)c2cc(C)ccc2O1. The molecule has 1 atom stereocenters. The lowest BCUT2D eigenvalue weighted by atomic mass is 10.1. The molecule has 9 heteroatoms. The molecule has 34 heavy (non-hydrogen) atoms. The highest BCUT2D eigenvalue weighted by Crippen LogP contribution is 2.38. The number of rotatable bonds is 5. The van der Waals surface area contributed by atoms with E-state index in [0.29, 0.717) is 5.69 Å². The zero-order valence-corrected chi connectivity index (χ0v) is 19.8. The molecule has 0 aromatic heterocycles. The van der Waals surface area contributed by atoms with Crippen LogP contribution in [0.15, 0.2) is 71.6 Å². The van der Waals surface area contributed by atoms with Crippen LogP contribution in [0.5, 0.6) is 5.75 Å². The van der Waals surface area contributed by atoms with Crippen LogP contribution in [0, 0.1) is 13.8 Å². The smallest absolute Gasteiger partial charge is 0.339 e. The maximum atomic E-state index is 13.6. The average Bonchev–Trinajstić information content (AvgIpc) is 2.83. The largest absolute Gasteiger partial charge is 0.476 e. The molecule has 0 saturated carbocycles. The van der Waals surface area contributed by atoms with E-state index in [4.69, 9.17) is 9.47 Å². The molecule has 1 amide bonds. The lowest BCUT2D eigenvalue weighted by molar-refractivity contribution is -0.122. The van der Waals surface area contributed by atoms with E-state index in [1.807, 2.05) is 13.8 Å². The summed E-state index contributed by atoms with van der Waals surface area (Å²) in [7, 11) is -2.73. The Morgan fingerprint density at radius 1 is 1.00 bits per heavy atom. The number of carbonyl (C=O) groups excluding carboxylic acids is 2. The molecular formula is C25H24N2O6S. The van der Waals surface area contributed by atoms with Crippen molar-refractivity contribution in [3.63, 3.8) is 0 Å². The van der Waals surface area contributed by atoms with Gasteiger partial charge >= 0.3 is 5.97 Å². The summed E-state index contributed by atoms with van der Waals surface area (Å²) in [4.78, 5) is 25.3. The lowest BCUT2D eigenvalue weighted by Gasteiger charge is -2.35. The van der Waals surface area contributed by atoms with Crippen molar-refractivity contribution in [3.8, 4) is 5.75 Å². The first kappa shape index (κ1) is 23.3. The molecule has 1 heterocycles. The Hall–Kier alpha value is -3.85. The van der Waals surface area contributed by atoms with Crippen LogP contribution in [0.3, 0.4) is 0 Å². The second-order valence-electron chi connectivity index (χ2n) is 7.95. The number of nitrogens with zero attached hydrogens (tertiary/aromatic N) is 1. The van der Waals surface area contributed by atoms with Crippen molar-refractivity contribution in [2.24, 2.45) is 0 Å². The lowest BCUT2D eigenvalue weighted by Crippen LogP contribution is -2.49. The Kier molecular flexibility index (Phi) is 6.30. The Morgan fingerprint density at radius 3 is 2.38 bits per heavy atom. The van der Waals surface area contributed by atoms with Crippen molar-refractivity contribution in [1.29, 1.82) is 0 Å². The second-order valence-corrected chi connectivity index (χ2v) is 9.82. The number of aryl methyl sites for hydroxylation is 2. The van der Waals surface area contributed by atoms with Crippen LogP contribution in [-0.2, 0) is 19.6 Å². The minimum Gasteiger partial charge on any atom is -0.476 e. The molecule has 0 fully saturated rings. The van der Waals surface area contributed by atoms with Gasteiger partial charge in [-0.05, 0) is 55.8 Å². The van der Waals surface area contributed by atoms with E-state index in [2.05, 4.69) is 5.32 Å². The fourth-order valence-electron chi connectivity index (χ4n) is 3.66. The topological polar surface area (TPSA) is 102 Å². The highest BCUT2D eigenvalue weighted by atomic mass is 32.2. The van der Waals surface area contributed by atoms with Gasteiger partial charge in [-0.25, -0.2) is 13.2 Å². The summed E-state index contributed by atoms with van der Waals surface area (Å²) in [5.41, 5.74) is 2.56. The number of sulfonamides is 1. The summed E-state index contributed by atoms with van der Waals surface area (Å²) in [6.07, 6.45) is -1.15. The Bertz CT molecular complexity index is 1350. The number of amides is 1. The monoisotopic (exact) mass is 480 g/mol. The van der Waals surface area contributed by atoms with Gasteiger partial charge in [0.25, 0.3) is 15.9 Å². The number of methoxy groups -OCH3 is 1. The van der Waals surface area contributed by atoms with Gasteiger partial charge in [-0.15, -0.1) is 0 Å². The summed E-state index contributed by atoms with van der Waals surface area (Å²) in [5.74, 6) is -0.925. The average molecular weight is 481 g/mol. The van der Waals surface area contributed by atoms with Gasteiger partial charge in [0.05, 0.1) is 35.5 Å². The number of fused-ring (bicyclic) bond motifs is 1. The third-order valence-corrected chi connectivity index (χ3v) is 7.27. The zero-order chi connectivity index (χ0) is 24.5. The van der Waals surface area contributed by atoms with Crippen LogP contribution >= 0.6 is 0 Å². The third kappa shape index (κ3) is 4.47. The van der Waals surface area contributed by atoms with E-state index in [0.717, 1.165) is 11.1 Å². The summed E-state index contributed by atoms with van der Waals surface area (Å²) >= 11 is 0. The highest BCUT2D eigenvalue weighted by molar-refractivity contribution is 7.92. The molecule has 4 rings (SSSR count). The molecule has 3 aromatic carbocycles. The fourth-order valence-corrected chi connectivity index (χ4v) is 5.12. The summed E-state index contributed by atoms with van der Waals surface area (Å²) in [5, 5.41) is 2.67. The van der Waals surface area contributed by atoms with Crippen molar-refractivity contribution >= 4 is 33.3 Å². The number of benzene rings is 3. The van der Waals surface area contributed by atoms with Crippen LogP contribution in [0.4, 0.5) is 11.4 Å². The van der Waals surface area contributed by atoms with E-state index in [1.54, 1.807) is 48.5 Å². The predicted octanol–water partition coefficient (Wildman–Crippen LogP) is 3.69. The number of carbonyl (C=O) groups is 2. The molecule has 1 aliphatic rings. The minimum atomic E-state index is -3.97. The Balaban J connectivity index is 1.69. The third-order valence-electron chi connectivity index (χ3n) is 5.48. The number of hydrogen-bond acceptors (Lipinski definition) is 6. The predicted molar refractivity (Wildman–Crippen MR) is 128 cm³/mol. The highest BCUT2D eigenvalue weighted by Gasteiger charge is 2.38. The normalized spacial score (nSPS) is 15.1. The van der Waals surface area contributed by atoms with Gasteiger partial charge in [-0.2, -0.15) is 0 Å². The van der Waals surface area contributed by atoms with Gasteiger partial charge in [0, 0.05) is 0 Å². The van der Waals surface area contributed by atoms with Crippen molar-refractivity contribution in [2.45, 2.75) is 24.8 Å². The van der Waals surface area contributed by atoms with Gasteiger partial charge in [-0.1, -0.05) is 35.9 Å². The number of anilines is 2. The summed E-state index contributed by atoms with van der Waals surface area (Å²) < 4.78 is 39.0. The molecule has 0 unspecified atom stereocenters. The molecule has 1 aliphatic heterocycles. The van der Waals surface area contributed by atoms with Crippen molar-refractivity contribution in [1.82, 2.24) is 0 Å². The quantitative estimate of drug-likeness (QED) is 0.559. The molecule has 1 N–H and O–H groups in total. The van der Waals surface area contributed by atoms with Crippen LogP contribution in [0.1, 0.15) is 21.5 Å². The van der Waals surface area contributed by atoms with Gasteiger partial charge in [0.15, 0.2) is 6.10 Å². The number of esters is 1. The Labute approximate surface area is 198 Å². The molecule has 176 valence electrons. The van der Waals surface area contributed by atoms with Crippen LogP contribution in [0.2, 0.25) is 0 Å². The standard InChI is InChI=1S/C25H24N2O6S/c1-16-8-11-18(12-9-16)34(30,31)27-15-23(33-22-13-10-17(2)14-21(22)27)24(28)26-20-7-5-4-6-19(20)25(29)32-3/h4-14,23H,15H2,1-3H3,(H,26,28)/t23-/m1/s1. The minimum absolute atomic E-state index is 0.114. The van der Waals surface area contributed by atoms with Crippen molar-refractivity contribution < 1.29 is 27.5 Å². The molecule has 0 saturated heterocycles. The first-order valence-electron chi connectivity index (χ1n) is 10.6. The molecule has 0 radical (unpaired) electrons. The number of nitrogens with one attached hydrogen (secondary N) is 1. The van der Waals surface area contributed by atoms with E-state index >= 15 is 0 Å². The number of para-hydroxylation sites is 1. The van der Waals surface area contributed by atoms with Gasteiger partial charge < -0.3 is 14.8 Å². The number of ether oxygens (including phenoxy) is 2. The van der Waals surface area contributed by atoms with Gasteiger partial charge in [-0.3, -0.25) is 9.10 Å². The maximum Gasteiger partial charge on any atom is 0.339 e. The Morgan fingerprint density at radius 2 is 1.68 bits per heavy atom. The zero-order valence-electron chi connectivity index (χ0n) is 18.9. The maximum absolute atomic E-state index is 13.6. The second kappa shape index (κ2) is 9.18. The van der Waals surface area contributed by atoms with Crippen molar-refractivity contribution in [2.75, 3.05) is 23.3 Å². The van der Waals surface area contributed by atoms with Gasteiger partial charge in [0.2, 0.25) is 0 Å². The molecule has 0 bridgehead atoms. The fraction of sp³-hybridized carbons (Fsp3) is 0.200. The molecular weight excluding hydrogens is 456 g/mol. The van der Waals surface area contributed by atoms with E-state index in [1.165, 1.54) is 29.6 Å². The van der Waals surface area contributed by atoms with Gasteiger partial charge in [0.1, 0.15) is 5.75 Å². The summed E-state index contributed by atoms with van der Waals surface area (Å²) in [6, 6.07) is 18.0. The molecule has 3 aromatic rings. The first-order valence-corrected chi connectivity index (χ1v) is 12.0. The summed E-state index contributed by atoms with van der Waals surface area (Å²) in [6.45, 7) is 3.48. The van der Waals surface area contributed by atoms with Crippen molar-refractivity contribution in [3.05, 3.63) is 83.4 Å². The number of hydrogen-bond donors (Lipinski definition) is 1.